The lowest BCUT2D eigenvalue weighted by molar-refractivity contribution is 0.211. The molecule has 122 valence electrons. The number of nitrogens with zero attached hydrogens (tertiary/aromatic N) is 1. The third kappa shape index (κ3) is 4.24. The van der Waals surface area contributed by atoms with Gasteiger partial charge in [-0.3, -0.25) is 4.90 Å². The average molecular weight is 333 g/mol. The highest BCUT2D eigenvalue weighted by Gasteiger charge is 2.19. The summed E-state index contributed by atoms with van der Waals surface area (Å²) in [5.41, 5.74) is 3.42. The lowest BCUT2D eigenvalue weighted by Crippen LogP contribution is -2.38. The number of rotatable bonds is 4. The van der Waals surface area contributed by atoms with Crippen molar-refractivity contribution in [2.45, 2.75) is 32.4 Å². The first-order chi connectivity index (χ1) is 11.1. The second-order valence-electron chi connectivity index (χ2n) is 6.23. The molecule has 0 aromatic heterocycles. The van der Waals surface area contributed by atoms with Crippen molar-refractivity contribution in [2.24, 2.45) is 0 Å². The third-order valence-corrected chi connectivity index (χ3v) is 4.94. The molecule has 0 amide bonds. The van der Waals surface area contributed by atoms with E-state index in [1.54, 1.807) is 0 Å². The summed E-state index contributed by atoms with van der Waals surface area (Å²) in [6.45, 7) is 5.04. The number of anilines is 1. The van der Waals surface area contributed by atoms with Crippen molar-refractivity contribution in [2.75, 3.05) is 18.4 Å². The normalized spacial score (nSPS) is 16.5. The highest BCUT2D eigenvalue weighted by atomic mass is 35.5. The molecular weight excluding hydrogens is 311 g/mol. The lowest BCUT2D eigenvalue weighted by atomic mass is 10.0. The van der Waals surface area contributed by atoms with E-state index in [1.165, 1.54) is 17.7 Å². The molecule has 4 heteroatoms. The molecule has 0 atom stereocenters. The van der Waals surface area contributed by atoms with E-state index in [-0.39, 0.29) is 5.82 Å². The minimum atomic E-state index is -0.173. The van der Waals surface area contributed by atoms with Gasteiger partial charge in [-0.25, -0.2) is 4.39 Å². The van der Waals surface area contributed by atoms with Crippen LogP contribution in [0.2, 0.25) is 5.02 Å². The smallest absolute Gasteiger partial charge is 0.123 e. The first kappa shape index (κ1) is 16.3. The molecule has 1 fully saturated rings. The van der Waals surface area contributed by atoms with Crippen LogP contribution in [0.3, 0.4) is 0 Å². The summed E-state index contributed by atoms with van der Waals surface area (Å²) in [4.78, 5) is 2.43. The van der Waals surface area contributed by atoms with Crippen LogP contribution >= 0.6 is 11.6 Å². The van der Waals surface area contributed by atoms with Gasteiger partial charge >= 0.3 is 0 Å². The molecule has 1 saturated heterocycles. The summed E-state index contributed by atoms with van der Waals surface area (Å²) in [6.07, 6.45) is 2.21. The van der Waals surface area contributed by atoms with Crippen LogP contribution < -0.4 is 5.32 Å². The maximum Gasteiger partial charge on any atom is 0.123 e. The fourth-order valence-electron chi connectivity index (χ4n) is 3.07. The fourth-order valence-corrected chi connectivity index (χ4v) is 3.24. The SMILES string of the molecule is Cc1c(Cl)cccc1NC1CCN(Cc2ccc(F)cc2)CC1. The van der Waals surface area contributed by atoms with Gasteiger partial charge < -0.3 is 5.32 Å². The van der Waals surface area contributed by atoms with Gasteiger partial charge in [0.1, 0.15) is 5.82 Å². The second kappa shape index (κ2) is 7.33. The minimum absolute atomic E-state index is 0.173. The summed E-state index contributed by atoms with van der Waals surface area (Å²) in [5, 5.41) is 4.43. The van der Waals surface area contributed by atoms with E-state index in [2.05, 4.69) is 16.3 Å². The topological polar surface area (TPSA) is 15.3 Å². The molecule has 0 aliphatic carbocycles. The van der Waals surface area contributed by atoms with Crippen molar-refractivity contribution < 1.29 is 4.39 Å². The summed E-state index contributed by atoms with van der Waals surface area (Å²) < 4.78 is 13.0. The zero-order valence-electron chi connectivity index (χ0n) is 13.4. The summed E-state index contributed by atoms with van der Waals surface area (Å²) >= 11 is 6.18. The van der Waals surface area contributed by atoms with Crippen LogP contribution in [0.25, 0.3) is 0 Å². The van der Waals surface area contributed by atoms with E-state index in [4.69, 9.17) is 11.6 Å². The maximum absolute atomic E-state index is 13.0. The summed E-state index contributed by atoms with van der Waals surface area (Å²) in [6, 6.07) is 13.3. The number of likely N-dealkylation sites (tertiary alicyclic amines) is 1. The molecule has 0 spiro atoms. The molecule has 2 nitrogen and oxygen atoms in total. The average Bonchev–Trinajstić information content (AvgIpc) is 2.56. The van der Waals surface area contributed by atoms with Crippen LogP contribution in [0, 0.1) is 12.7 Å². The largest absolute Gasteiger partial charge is 0.382 e. The van der Waals surface area contributed by atoms with E-state index in [0.29, 0.717) is 6.04 Å². The molecule has 0 saturated carbocycles. The van der Waals surface area contributed by atoms with Gasteiger partial charge in [0.25, 0.3) is 0 Å². The number of piperidine rings is 1. The van der Waals surface area contributed by atoms with Crippen molar-refractivity contribution in [3.8, 4) is 0 Å². The Balaban J connectivity index is 1.52. The van der Waals surface area contributed by atoms with Crippen molar-refractivity contribution in [3.63, 3.8) is 0 Å². The monoisotopic (exact) mass is 332 g/mol. The summed E-state index contributed by atoms with van der Waals surface area (Å²) in [7, 11) is 0. The van der Waals surface area contributed by atoms with Gasteiger partial charge in [0.2, 0.25) is 0 Å². The van der Waals surface area contributed by atoms with Crippen LogP contribution in [0.5, 0.6) is 0 Å². The molecule has 2 aromatic carbocycles. The highest BCUT2D eigenvalue weighted by Crippen LogP contribution is 2.25. The predicted octanol–water partition coefficient (Wildman–Crippen LogP) is 4.86. The molecule has 1 heterocycles. The van der Waals surface area contributed by atoms with Crippen LogP contribution in [0.15, 0.2) is 42.5 Å². The Hall–Kier alpha value is -1.58. The van der Waals surface area contributed by atoms with Crippen LogP contribution in [0.1, 0.15) is 24.0 Å². The van der Waals surface area contributed by atoms with Gasteiger partial charge in [-0.2, -0.15) is 0 Å². The number of nitrogens with one attached hydrogen (secondary N) is 1. The highest BCUT2D eigenvalue weighted by molar-refractivity contribution is 6.31. The van der Waals surface area contributed by atoms with Gasteiger partial charge in [0.05, 0.1) is 0 Å². The molecule has 0 bridgehead atoms. The molecule has 1 N–H and O–H groups in total. The Kier molecular flexibility index (Phi) is 5.19. The van der Waals surface area contributed by atoms with Gasteiger partial charge in [0.15, 0.2) is 0 Å². The first-order valence-corrected chi connectivity index (χ1v) is 8.48. The van der Waals surface area contributed by atoms with Gasteiger partial charge in [-0.1, -0.05) is 29.8 Å². The molecule has 1 aliphatic rings. The number of hydrogen-bond donors (Lipinski definition) is 1. The van der Waals surface area contributed by atoms with Crippen molar-refractivity contribution in [3.05, 3.63) is 64.4 Å². The molecule has 2 aromatic rings. The van der Waals surface area contributed by atoms with E-state index in [1.807, 2.05) is 31.2 Å². The quantitative estimate of drug-likeness (QED) is 0.859. The van der Waals surface area contributed by atoms with Crippen molar-refractivity contribution in [1.82, 2.24) is 4.90 Å². The second-order valence-corrected chi connectivity index (χ2v) is 6.64. The first-order valence-electron chi connectivity index (χ1n) is 8.10. The lowest BCUT2D eigenvalue weighted by Gasteiger charge is -2.33. The van der Waals surface area contributed by atoms with Crippen LogP contribution in [-0.4, -0.2) is 24.0 Å². The molecule has 23 heavy (non-hydrogen) atoms. The zero-order valence-corrected chi connectivity index (χ0v) is 14.1. The Morgan fingerprint density at radius 2 is 1.83 bits per heavy atom. The third-order valence-electron chi connectivity index (χ3n) is 4.53. The van der Waals surface area contributed by atoms with Crippen LogP contribution in [0.4, 0.5) is 10.1 Å². The fraction of sp³-hybridized carbons (Fsp3) is 0.368. The molecule has 0 radical (unpaired) electrons. The minimum Gasteiger partial charge on any atom is -0.382 e. The Bertz CT molecular complexity index is 649. The molecular formula is C19H22ClFN2. The van der Waals surface area contributed by atoms with Gasteiger partial charge in [-0.15, -0.1) is 0 Å². The molecule has 0 unspecified atom stereocenters. The predicted molar refractivity (Wildman–Crippen MR) is 94.5 cm³/mol. The van der Waals surface area contributed by atoms with Gasteiger partial charge in [0, 0.05) is 36.4 Å². The van der Waals surface area contributed by atoms with Crippen LogP contribution in [-0.2, 0) is 6.54 Å². The molecule has 1 aliphatic heterocycles. The summed E-state index contributed by atoms with van der Waals surface area (Å²) in [5.74, 6) is -0.173. The van der Waals surface area contributed by atoms with E-state index >= 15 is 0 Å². The van der Waals surface area contributed by atoms with Gasteiger partial charge in [-0.05, 0) is 55.2 Å². The zero-order chi connectivity index (χ0) is 16.2. The standard InChI is InChI=1S/C19H22ClFN2/c1-14-18(20)3-2-4-19(14)22-17-9-11-23(12-10-17)13-15-5-7-16(21)8-6-15/h2-8,17,22H,9-13H2,1H3. The van der Waals surface area contributed by atoms with E-state index in [9.17, 15) is 4.39 Å². The van der Waals surface area contributed by atoms with Crippen molar-refractivity contribution in [1.29, 1.82) is 0 Å². The van der Waals surface area contributed by atoms with E-state index < -0.39 is 0 Å². The molecule has 3 rings (SSSR count). The van der Waals surface area contributed by atoms with E-state index in [0.717, 1.165) is 48.7 Å². The van der Waals surface area contributed by atoms with Crippen molar-refractivity contribution >= 4 is 17.3 Å². The number of benzene rings is 2. The number of halogens is 2. The Labute approximate surface area is 142 Å². The Morgan fingerprint density at radius 1 is 1.13 bits per heavy atom. The number of hydrogen-bond acceptors (Lipinski definition) is 2. The maximum atomic E-state index is 13.0. The Morgan fingerprint density at radius 3 is 2.52 bits per heavy atom.